The number of hydrogen-bond acceptors (Lipinski definition) is 7. The van der Waals surface area contributed by atoms with Gasteiger partial charge in [0.25, 0.3) is 0 Å². The standard InChI is InChI=1S/C10H13NO3.C9H11NO3/c1-6-4-8(11)9(13-2)5-7(6)10(12)14-3;1-5-3-7(10)8(13-2)4-6(5)9(11)12/h4-5H,11H2,1-3H3;3-4H,10H2,1-2H3,(H,11,12). The second kappa shape index (κ2) is 9.33. The maximum absolute atomic E-state index is 11.3. The SMILES string of the molecule is COC(=O)c1cc(OC)c(N)cc1C.COc1cc(C(=O)O)c(C)cc1N. The Morgan fingerprint density at radius 3 is 1.59 bits per heavy atom. The van der Waals surface area contributed by atoms with E-state index in [-0.39, 0.29) is 11.5 Å². The van der Waals surface area contributed by atoms with Crippen molar-refractivity contribution in [3.63, 3.8) is 0 Å². The van der Waals surface area contributed by atoms with Crippen LogP contribution in [-0.4, -0.2) is 38.4 Å². The molecule has 0 amide bonds. The number of ether oxygens (including phenoxy) is 3. The molecule has 2 aromatic rings. The number of esters is 1. The van der Waals surface area contributed by atoms with E-state index in [9.17, 15) is 9.59 Å². The minimum atomic E-state index is -0.976. The zero-order valence-corrected chi connectivity index (χ0v) is 16.0. The van der Waals surface area contributed by atoms with E-state index >= 15 is 0 Å². The van der Waals surface area contributed by atoms with Crippen LogP contribution in [0.2, 0.25) is 0 Å². The summed E-state index contributed by atoms with van der Waals surface area (Å²) in [5.41, 5.74) is 14.3. The first-order valence-corrected chi connectivity index (χ1v) is 7.86. The number of aromatic carboxylic acids is 1. The quantitative estimate of drug-likeness (QED) is 0.548. The van der Waals surface area contributed by atoms with Gasteiger partial charge in [-0.05, 0) is 49.2 Å². The number of carbonyl (C=O) groups excluding carboxylic acids is 1. The molecule has 0 unspecified atom stereocenters. The third-order valence-corrected chi connectivity index (χ3v) is 3.79. The van der Waals surface area contributed by atoms with E-state index in [0.29, 0.717) is 34.0 Å². The van der Waals surface area contributed by atoms with Crippen molar-refractivity contribution in [3.8, 4) is 11.5 Å². The van der Waals surface area contributed by atoms with Crippen LogP contribution in [-0.2, 0) is 4.74 Å². The first-order valence-electron chi connectivity index (χ1n) is 7.86. The van der Waals surface area contributed by atoms with Crippen LogP contribution in [0.15, 0.2) is 24.3 Å². The fraction of sp³-hybridized carbons (Fsp3) is 0.263. The number of aryl methyl sites for hydroxylation is 2. The Morgan fingerprint density at radius 2 is 1.22 bits per heavy atom. The number of hydrogen-bond donors (Lipinski definition) is 3. The largest absolute Gasteiger partial charge is 0.495 e. The van der Waals surface area contributed by atoms with Crippen LogP contribution >= 0.6 is 0 Å². The number of rotatable bonds is 4. The first kappa shape index (κ1) is 21.6. The van der Waals surface area contributed by atoms with Crippen molar-refractivity contribution in [3.05, 3.63) is 46.5 Å². The number of nitrogen functional groups attached to an aromatic ring is 2. The summed E-state index contributed by atoms with van der Waals surface area (Å²) < 4.78 is 14.5. The van der Waals surface area contributed by atoms with Crippen LogP contribution in [0, 0.1) is 13.8 Å². The zero-order valence-electron chi connectivity index (χ0n) is 16.0. The Bertz CT molecular complexity index is 849. The predicted molar refractivity (Wildman–Crippen MR) is 103 cm³/mol. The highest BCUT2D eigenvalue weighted by Crippen LogP contribution is 2.26. The summed E-state index contributed by atoms with van der Waals surface area (Å²) in [5.74, 6) is -0.490. The van der Waals surface area contributed by atoms with Crippen molar-refractivity contribution < 1.29 is 28.9 Å². The molecule has 0 fully saturated rings. The second-order valence-electron chi connectivity index (χ2n) is 5.61. The Labute approximate surface area is 157 Å². The maximum atomic E-state index is 11.3. The molecule has 0 aromatic heterocycles. The van der Waals surface area contributed by atoms with Gasteiger partial charge in [-0.1, -0.05) is 0 Å². The van der Waals surface area contributed by atoms with E-state index in [1.165, 1.54) is 27.4 Å². The van der Waals surface area contributed by atoms with Crippen LogP contribution in [0.1, 0.15) is 31.8 Å². The van der Waals surface area contributed by atoms with Gasteiger partial charge in [-0.25, -0.2) is 9.59 Å². The van der Waals surface area contributed by atoms with Gasteiger partial charge in [-0.15, -0.1) is 0 Å². The first-order chi connectivity index (χ1) is 12.7. The van der Waals surface area contributed by atoms with Crippen molar-refractivity contribution >= 4 is 23.3 Å². The Kier molecular flexibility index (Phi) is 7.47. The fourth-order valence-electron chi connectivity index (χ4n) is 2.33. The molecule has 0 saturated carbocycles. The van der Waals surface area contributed by atoms with Gasteiger partial charge in [0.2, 0.25) is 0 Å². The summed E-state index contributed by atoms with van der Waals surface area (Å²) >= 11 is 0. The highest BCUT2D eigenvalue weighted by Gasteiger charge is 2.12. The van der Waals surface area contributed by atoms with Crippen molar-refractivity contribution in [1.29, 1.82) is 0 Å². The smallest absolute Gasteiger partial charge is 0.338 e. The van der Waals surface area contributed by atoms with Gasteiger partial charge < -0.3 is 30.8 Å². The monoisotopic (exact) mass is 376 g/mol. The van der Waals surface area contributed by atoms with Crippen LogP contribution in [0.25, 0.3) is 0 Å². The number of benzene rings is 2. The molecule has 0 saturated heterocycles. The molecule has 146 valence electrons. The molecular weight excluding hydrogens is 352 g/mol. The average Bonchev–Trinajstić information content (AvgIpc) is 2.61. The molecule has 2 rings (SSSR count). The van der Waals surface area contributed by atoms with Crippen molar-refractivity contribution in [2.75, 3.05) is 32.8 Å². The van der Waals surface area contributed by atoms with Gasteiger partial charge >= 0.3 is 11.9 Å². The maximum Gasteiger partial charge on any atom is 0.338 e. The molecule has 2 aromatic carbocycles. The summed E-state index contributed by atoms with van der Waals surface area (Å²) in [4.78, 5) is 22.0. The number of carboxylic acid groups (broad SMARTS) is 1. The molecule has 0 radical (unpaired) electrons. The van der Waals surface area contributed by atoms with Gasteiger partial charge in [-0.2, -0.15) is 0 Å². The van der Waals surface area contributed by atoms with E-state index < -0.39 is 5.97 Å². The van der Waals surface area contributed by atoms with Crippen molar-refractivity contribution in [2.45, 2.75) is 13.8 Å². The van der Waals surface area contributed by atoms with Crippen LogP contribution < -0.4 is 20.9 Å². The minimum Gasteiger partial charge on any atom is -0.495 e. The lowest BCUT2D eigenvalue weighted by atomic mass is 10.1. The van der Waals surface area contributed by atoms with Gasteiger partial charge in [0.15, 0.2) is 0 Å². The number of nitrogens with two attached hydrogens (primary N) is 2. The van der Waals surface area contributed by atoms with E-state index in [1.54, 1.807) is 32.0 Å². The molecule has 0 bridgehead atoms. The molecule has 0 aliphatic carbocycles. The molecular formula is C19H24N2O6. The molecule has 8 nitrogen and oxygen atoms in total. The van der Waals surface area contributed by atoms with Gasteiger partial charge in [0, 0.05) is 0 Å². The average molecular weight is 376 g/mol. The predicted octanol–water partition coefficient (Wildman–Crippen LogP) is 2.66. The zero-order chi connectivity index (χ0) is 20.7. The fourth-order valence-corrected chi connectivity index (χ4v) is 2.33. The number of carboxylic acids is 1. The molecule has 5 N–H and O–H groups in total. The van der Waals surface area contributed by atoms with Gasteiger partial charge in [0.05, 0.1) is 43.8 Å². The minimum absolute atomic E-state index is 0.214. The van der Waals surface area contributed by atoms with Crippen molar-refractivity contribution in [2.24, 2.45) is 0 Å². The highest BCUT2D eigenvalue weighted by atomic mass is 16.5. The van der Waals surface area contributed by atoms with Crippen LogP contribution in [0.4, 0.5) is 11.4 Å². The molecule has 8 heteroatoms. The molecule has 0 aliphatic heterocycles. The van der Waals surface area contributed by atoms with Crippen LogP contribution in [0.3, 0.4) is 0 Å². The van der Waals surface area contributed by atoms with E-state index in [0.717, 1.165) is 5.56 Å². The molecule has 0 atom stereocenters. The summed E-state index contributed by atoms with van der Waals surface area (Å²) in [6.07, 6.45) is 0. The van der Waals surface area contributed by atoms with Crippen molar-refractivity contribution in [1.82, 2.24) is 0 Å². The third kappa shape index (κ3) is 5.27. The van der Waals surface area contributed by atoms with Crippen LogP contribution in [0.5, 0.6) is 11.5 Å². The third-order valence-electron chi connectivity index (χ3n) is 3.79. The molecule has 0 heterocycles. The Hall–Kier alpha value is -3.42. The molecule has 0 aliphatic rings. The lowest BCUT2D eigenvalue weighted by Crippen LogP contribution is -2.05. The lowest BCUT2D eigenvalue weighted by molar-refractivity contribution is 0.0598. The van der Waals surface area contributed by atoms with E-state index in [4.69, 9.17) is 26.0 Å². The second-order valence-corrected chi connectivity index (χ2v) is 5.61. The summed E-state index contributed by atoms with van der Waals surface area (Å²) in [6.45, 7) is 3.49. The Balaban J connectivity index is 0.000000271. The lowest BCUT2D eigenvalue weighted by Gasteiger charge is -2.09. The number of methoxy groups -OCH3 is 3. The molecule has 0 spiro atoms. The summed E-state index contributed by atoms with van der Waals surface area (Å²) in [6, 6.07) is 6.27. The number of carbonyl (C=O) groups is 2. The topological polar surface area (TPSA) is 134 Å². The summed E-state index contributed by atoms with van der Waals surface area (Å²) in [7, 11) is 4.29. The Morgan fingerprint density at radius 1 is 0.815 bits per heavy atom. The van der Waals surface area contributed by atoms with Gasteiger partial charge in [-0.3, -0.25) is 0 Å². The number of anilines is 2. The normalized spacial score (nSPS) is 9.67. The van der Waals surface area contributed by atoms with Gasteiger partial charge in [0.1, 0.15) is 11.5 Å². The highest BCUT2D eigenvalue weighted by molar-refractivity contribution is 5.92. The molecule has 27 heavy (non-hydrogen) atoms. The van der Waals surface area contributed by atoms with E-state index in [2.05, 4.69) is 4.74 Å². The summed E-state index contributed by atoms with van der Waals surface area (Å²) in [5, 5.41) is 8.78. The van der Waals surface area contributed by atoms with E-state index in [1.807, 2.05) is 0 Å².